The summed E-state index contributed by atoms with van der Waals surface area (Å²) in [6.45, 7) is 3.73. The Hall–Kier alpha value is -3.83. The molecule has 2 fully saturated rings. The first kappa shape index (κ1) is 24.5. The van der Waals surface area contributed by atoms with Crippen molar-refractivity contribution in [1.82, 2.24) is 19.8 Å². The molecule has 0 radical (unpaired) electrons. The van der Waals surface area contributed by atoms with Gasteiger partial charge in [0, 0.05) is 42.7 Å². The molecule has 0 bridgehead atoms. The molecule has 1 aliphatic heterocycles. The summed E-state index contributed by atoms with van der Waals surface area (Å²) in [6.07, 6.45) is 1.67. The van der Waals surface area contributed by atoms with E-state index in [0.717, 1.165) is 25.0 Å². The Labute approximate surface area is 216 Å². The Bertz CT molecular complexity index is 1660. The molecule has 38 heavy (non-hydrogen) atoms. The number of aromatic nitrogens is 2. The number of oxazole rings is 1. The summed E-state index contributed by atoms with van der Waals surface area (Å²) in [4.78, 5) is 32.5. The van der Waals surface area contributed by atoms with Gasteiger partial charge in [0.2, 0.25) is 5.89 Å². The van der Waals surface area contributed by atoms with Gasteiger partial charge in [-0.3, -0.25) is 14.5 Å². The second-order valence-corrected chi connectivity index (χ2v) is 9.89. The lowest BCUT2D eigenvalue weighted by atomic mass is 9.96. The number of esters is 1. The Morgan fingerprint density at radius 1 is 1.24 bits per heavy atom. The van der Waals surface area contributed by atoms with E-state index in [0.29, 0.717) is 53.1 Å². The fourth-order valence-corrected chi connectivity index (χ4v) is 5.39. The number of aryl methyl sites for hydroxylation is 1. The molecule has 1 saturated heterocycles. The number of piperazine rings is 1. The maximum Gasteiger partial charge on any atom is 0.324 e. The predicted octanol–water partition coefficient (Wildman–Crippen LogP) is 3.26. The summed E-state index contributed by atoms with van der Waals surface area (Å²) in [5.41, 5.74) is 7.28. The van der Waals surface area contributed by atoms with Gasteiger partial charge >= 0.3 is 5.97 Å². The van der Waals surface area contributed by atoms with E-state index >= 15 is 0 Å². The molecule has 0 spiro atoms. The number of nitrogens with zero attached hydrogens (tertiary/aromatic N) is 3. The molecular formula is C27H27F2N5O4. The maximum atomic E-state index is 14.9. The van der Waals surface area contributed by atoms with E-state index < -0.39 is 17.7 Å². The third kappa shape index (κ3) is 3.93. The van der Waals surface area contributed by atoms with Gasteiger partial charge in [0.15, 0.2) is 11.1 Å². The number of hydrogen-bond acceptors (Lipinski definition) is 8. The number of pyridine rings is 1. The van der Waals surface area contributed by atoms with Crippen molar-refractivity contribution in [2.24, 2.45) is 0 Å². The second kappa shape index (κ2) is 9.17. The van der Waals surface area contributed by atoms with Crippen LogP contribution in [0, 0.1) is 18.6 Å². The first-order valence-corrected chi connectivity index (χ1v) is 12.5. The molecule has 2 aromatic heterocycles. The van der Waals surface area contributed by atoms with E-state index in [4.69, 9.17) is 14.9 Å². The van der Waals surface area contributed by atoms with E-state index in [1.54, 1.807) is 23.6 Å². The number of methoxy groups -OCH3 is 1. The third-order valence-electron chi connectivity index (χ3n) is 7.46. The minimum absolute atomic E-state index is 0.00613. The van der Waals surface area contributed by atoms with Gasteiger partial charge in [-0.2, -0.15) is 0 Å². The molecule has 4 aromatic rings. The minimum Gasteiger partial charge on any atom is -0.468 e. The van der Waals surface area contributed by atoms with E-state index in [1.165, 1.54) is 7.11 Å². The molecule has 1 saturated carbocycles. The highest BCUT2D eigenvalue weighted by atomic mass is 19.1. The number of nitrogens with two attached hydrogens (primary N) is 1. The van der Waals surface area contributed by atoms with Crippen LogP contribution in [0.25, 0.3) is 33.1 Å². The van der Waals surface area contributed by atoms with Crippen molar-refractivity contribution in [3.8, 4) is 11.1 Å². The van der Waals surface area contributed by atoms with Crippen LogP contribution in [-0.4, -0.2) is 53.2 Å². The Balaban J connectivity index is 1.51. The van der Waals surface area contributed by atoms with Gasteiger partial charge in [-0.15, -0.1) is 0 Å². The van der Waals surface area contributed by atoms with Crippen LogP contribution < -0.4 is 16.6 Å². The Morgan fingerprint density at radius 3 is 2.76 bits per heavy atom. The SMILES string of the molecule is COC(=O)C1CNCCN1Cc1nc2c(=O)n(C3CC3)c3c(C)c(-c4cc(F)c(N)cc4F)ccc3c2o1. The molecule has 9 nitrogen and oxygen atoms in total. The molecule has 2 aromatic carbocycles. The van der Waals surface area contributed by atoms with Crippen LogP contribution in [0.15, 0.2) is 33.5 Å². The largest absolute Gasteiger partial charge is 0.468 e. The molecule has 3 N–H and O–H groups in total. The van der Waals surface area contributed by atoms with Crippen molar-refractivity contribution in [3.63, 3.8) is 0 Å². The summed E-state index contributed by atoms with van der Waals surface area (Å²) < 4.78 is 41.9. The molecule has 198 valence electrons. The number of ether oxygens (including phenoxy) is 1. The number of fused-ring (bicyclic) bond motifs is 3. The van der Waals surface area contributed by atoms with Crippen molar-refractivity contribution in [2.45, 2.75) is 38.4 Å². The van der Waals surface area contributed by atoms with Crippen LogP contribution in [0.3, 0.4) is 0 Å². The van der Waals surface area contributed by atoms with E-state index in [-0.39, 0.29) is 40.9 Å². The van der Waals surface area contributed by atoms with Gasteiger partial charge in [-0.25, -0.2) is 13.8 Å². The smallest absolute Gasteiger partial charge is 0.324 e. The summed E-state index contributed by atoms with van der Waals surface area (Å²) in [6, 6.07) is 4.99. The van der Waals surface area contributed by atoms with Gasteiger partial charge in [0.25, 0.3) is 5.56 Å². The van der Waals surface area contributed by atoms with Crippen molar-refractivity contribution >= 4 is 33.7 Å². The van der Waals surface area contributed by atoms with Crippen LogP contribution in [-0.2, 0) is 16.1 Å². The Morgan fingerprint density at radius 2 is 2.03 bits per heavy atom. The zero-order valence-electron chi connectivity index (χ0n) is 21.0. The van der Waals surface area contributed by atoms with Gasteiger partial charge in [0.1, 0.15) is 17.7 Å². The number of anilines is 1. The minimum atomic E-state index is -0.714. The van der Waals surface area contributed by atoms with Crippen LogP contribution in [0.2, 0.25) is 0 Å². The third-order valence-corrected chi connectivity index (χ3v) is 7.46. The molecule has 6 rings (SSSR count). The highest BCUT2D eigenvalue weighted by Crippen LogP contribution is 2.41. The molecule has 2 aliphatic rings. The zero-order valence-corrected chi connectivity index (χ0v) is 21.0. The average Bonchev–Trinajstić information content (AvgIpc) is 3.65. The van der Waals surface area contributed by atoms with Gasteiger partial charge in [0.05, 0.1) is 24.9 Å². The molecule has 0 amide bonds. The van der Waals surface area contributed by atoms with Gasteiger partial charge < -0.3 is 24.8 Å². The number of halogens is 2. The van der Waals surface area contributed by atoms with Crippen LogP contribution in [0.4, 0.5) is 14.5 Å². The lowest BCUT2D eigenvalue weighted by molar-refractivity contribution is -0.148. The predicted molar refractivity (Wildman–Crippen MR) is 138 cm³/mol. The summed E-state index contributed by atoms with van der Waals surface area (Å²) in [5.74, 6) is -1.40. The van der Waals surface area contributed by atoms with Crippen LogP contribution >= 0.6 is 0 Å². The molecule has 3 heterocycles. The van der Waals surface area contributed by atoms with E-state index in [9.17, 15) is 18.4 Å². The number of benzene rings is 2. The lowest BCUT2D eigenvalue weighted by Gasteiger charge is -2.33. The average molecular weight is 524 g/mol. The van der Waals surface area contributed by atoms with Crippen molar-refractivity contribution in [2.75, 3.05) is 32.5 Å². The van der Waals surface area contributed by atoms with Crippen molar-refractivity contribution < 1.29 is 22.7 Å². The number of rotatable bonds is 5. The number of carbonyl (C=O) groups excluding carboxylic acids is 1. The number of carbonyl (C=O) groups is 1. The fourth-order valence-electron chi connectivity index (χ4n) is 5.39. The Kier molecular flexibility index (Phi) is 5.92. The van der Waals surface area contributed by atoms with E-state index in [1.807, 2.05) is 4.90 Å². The molecule has 1 atom stereocenters. The lowest BCUT2D eigenvalue weighted by Crippen LogP contribution is -2.54. The first-order chi connectivity index (χ1) is 18.3. The highest BCUT2D eigenvalue weighted by Gasteiger charge is 2.33. The highest BCUT2D eigenvalue weighted by molar-refractivity contribution is 6.04. The van der Waals surface area contributed by atoms with Crippen LogP contribution in [0.5, 0.6) is 0 Å². The standard InChI is InChI=1S/C27H27F2N5O4/c1-13-15(17-9-19(29)20(30)10-18(17)28)5-6-16-24(13)34(14-3-4-14)26(35)23-25(16)38-22(32-23)12-33-8-7-31-11-21(33)27(36)37-2/h5-6,9-10,14,21,31H,3-4,7-8,11-12,30H2,1-2H3. The fraction of sp³-hybridized carbons (Fsp3) is 0.370. The van der Waals surface area contributed by atoms with Crippen LogP contribution in [0.1, 0.15) is 30.3 Å². The second-order valence-electron chi connectivity index (χ2n) is 9.89. The summed E-state index contributed by atoms with van der Waals surface area (Å²) >= 11 is 0. The molecule has 1 aliphatic carbocycles. The van der Waals surface area contributed by atoms with Gasteiger partial charge in [-0.1, -0.05) is 6.07 Å². The molecule has 1 unspecified atom stereocenters. The summed E-state index contributed by atoms with van der Waals surface area (Å²) in [5, 5.41) is 3.84. The quantitative estimate of drug-likeness (QED) is 0.303. The normalized spacial score (nSPS) is 18.4. The first-order valence-electron chi connectivity index (χ1n) is 12.5. The maximum absolute atomic E-state index is 14.9. The molecular weight excluding hydrogens is 496 g/mol. The number of nitrogens with one attached hydrogen (secondary N) is 1. The number of hydrogen-bond donors (Lipinski definition) is 2. The van der Waals surface area contributed by atoms with E-state index in [2.05, 4.69) is 10.3 Å². The van der Waals surface area contributed by atoms with Crippen molar-refractivity contribution in [1.29, 1.82) is 0 Å². The topological polar surface area (TPSA) is 116 Å². The number of nitrogen functional groups attached to an aromatic ring is 1. The monoisotopic (exact) mass is 523 g/mol. The summed E-state index contributed by atoms with van der Waals surface area (Å²) in [7, 11) is 1.35. The van der Waals surface area contributed by atoms with Gasteiger partial charge in [-0.05, 0) is 43.0 Å². The molecule has 11 heteroatoms. The zero-order chi connectivity index (χ0) is 26.7. The van der Waals surface area contributed by atoms with Crippen molar-refractivity contribution in [3.05, 3.63) is 57.7 Å².